The van der Waals surface area contributed by atoms with Gasteiger partial charge in [0.2, 0.25) is 5.79 Å². The second kappa shape index (κ2) is 3.05. The molecule has 1 saturated heterocycles. The fourth-order valence-corrected chi connectivity index (χ4v) is 1.30. The Hall–Kier alpha value is -0.570. The van der Waals surface area contributed by atoms with Crippen LogP contribution in [0.4, 0.5) is 0 Å². The van der Waals surface area contributed by atoms with Gasteiger partial charge in [-0.2, -0.15) is 0 Å². The molecule has 0 spiro atoms. The molecule has 1 fully saturated rings. The number of hydrogen-bond donors (Lipinski definition) is 0. The van der Waals surface area contributed by atoms with Gasteiger partial charge in [-0.3, -0.25) is 0 Å². The summed E-state index contributed by atoms with van der Waals surface area (Å²) in [7, 11) is 0. The highest BCUT2D eigenvalue weighted by molar-refractivity contribution is 5.76. The predicted octanol–water partition coefficient (Wildman–Crippen LogP) is 1.71. The Balaban J connectivity index is 2.53. The van der Waals surface area contributed by atoms with E-state index in [1.165, 1.54) is 0 Å². The van der Waals surface area contributed by atoms with Gasteiger partial charge in [0, 0.05) is 13.8 Å². The minimum Gasteiger partial charge on any atom is -0.432 e. The van der Waals surface area contributed by atoms with Crippen LogP contribution in [-0.2, 0) is 14.3 Å². The van der Waals surface area contributed by atoms with Crippen molar-refractivity contribution in [1.29, 1.82) is 0 Å². The van der Waals surface area contributed by atoms with E-state index in [9.17, 15) is 4.79 Å². The van der Waals surface area contributed by atoms with E-state index in [1.54, 1.807) is 13.8 Å². The summed E-state index contributed by atoms with van der Waals surface area (Å²) in [6.45, 7) is 7.63. The Morgan fingerprint density at radius 3 is 2.42 bits per heavy atom. The third-order valence-corrected chi connectivity index (χ3v) is 1.72. The van der Waals surface area contributed by atoms with Gasteiger partial charge in [-0.1, -0.05) is 13.8 Å². The molecule has 1 aliphatic heterocycles. The summed E-state index contributed by atoms with van der Waals surface area (Å²) in [5, 5.41) is 0. The average Bonchev–Trinajstić information content (AvgIpc) is 2.03. The quantitative estimate of drug-likeness (QED) is 0.595. The standard InChI is InChI=1S/C9H16O3/c1-6(2)5-7-8(10)12-9(3,4)11-7/h6-7H,5H2,1-4H3/t7-/m1/s1. The molecule has 0 N–H and O–H groups in total. The highest BCUT2D eigenvalue weighted by Gasteiger charge is 2.40. The Bertz CT molecular complexity index is 184. The van der Waals surface area contributed by atoms with Crippen molar-refractivity contribution in [2.75, 3.05) is 0 Å². The zero-order valence-electron chi connectivity index (χ0n) is 8.09. The second-order valence-corrected chi connectivity index (χ2v) is 4.06. The lowest BCUT2D eigenvalue weighted by atomic mass is 10.1. The zero-order chi connectivity index (χ0) is 9.35. The van der Waals surface area contributed by atoms with Gasteiger partial charge in [-0.05, 0) is 12.3 Å². The fraction of sp³-hybridized carbons (Fsp3) is 0.889. The van der Waals surface area contributed by atoms with Crippen LogP contribution in [0.15, 0.2) is 0 Å². The van der Waals surface area contributed by atoms with Gasteiger partial charge in [0.1, 0.15) is 0 Å². The highest BCUT2D eigenvalue weighted by Crippen LogP contribution is 2.27. The summed E-state index contributed by atoms with van der Waals surface area (Å²) in [4.78, 5) is 11.2. The van der Waals surface area contributed by atoms with E-state index in [0.29, 0.717) is 5.92 Å². The zero-order valence-corrected chi connectivity index (χ0v) is 8.09. The number of rotatable bonds is 2. The topological polar surface area (TPSA) is 35.5 Å². The van der Waals surface area contributed by atoms with Gasteiger partial charge in [-0.25, -0.2) is 4.79 Å². The summed E-state index contributed by atoms with van der Waals surface area (Å²) in [6.07, 6.45) is 0.377. The first-order chi connectivity index (χ1) is 5.41. The molecule has 12 heavy (non-hydrogen) atoms. The molecule has 0 aromatic carbocycles. The smallest absolute Gasteiger partial charge is 0.337 e. The number of ether oxygens (including phenoxy) is 2. The van der Waals surface area contributed by atoms with Crippen LogP contribution < -0.4 is 0 Å². The molecule has 0 aliphatic carbocycles. The maximum Gasteiger partial charge on any atom is 0.337 e. The van der Waals surface area contributed by atoms with Crippen LogP contribution in [0.25, 0.3) is 0 Å². The van der Waals surface area contributed by atoms with Crippen LogP contribution in [0.5, 0.6) is 0 Å². The SMILES string of the molecule is CC(C)C[C@H]1OC(C)(C)OC1=O. The average molecular weight is 172 g/mol. The van der Waals surface area contributed by atoms with Crippen LogP contribution in [-0.4, -0.2) is 17.9 Å². The molecule has 0 amide bonds. The van der Waals surface area contributed by atoms with Crippen LogP contribution in [0.1, 0.15) is 34.1 Å². The van der Waals surface area contributed by atoms with E-state index < -0.39 is 5.79 Å². The van der Waals surface area contributed by atoms with Crippen molar-refractivity contribution in [3.05, 3.63) is 0 Å². The van der Waals surface area contributed by atoms with E-state index in [4.69, 9.17) is 9.47 Å². The second-order valence-electron chi connectivity index (χ2n) is 4.06. The third kappa shape index (κ3) is 2.21. The van der Waals surface area contributed by atoms with E-state index >= 15 is 0 Å². The van der Waals surface area contributed by atoms with Crippen LogP contribution in [0.3, 0.4) is 0 Å². The normalized spacial score (nSPS) is 27.8. The number of carbonyl (C=O) groups is 1. The van der Waals surface area contributed by atoms with E-state index in [2.05, 4.69) is 13.8 Å². The minimum absolute atomic E-state index is 0.228. The highest BCUT2D eigenvalue weighted by atomic mass is 16.8. The fourth-order valence-electron chi connectivity index (χ4n) is 1.30. The molecule has 3 heteroatoms. The van der Waals surface area contributed by atoms with Gasteiger partial charge >= 0.3 is 5.97 Å². The molecule has 0 aromatic heterocycles. The number of esters is 1. The molecule has 3 nitrogen and oxygen atoms in total. The Morgan fingerprint density at radius 1 is 1.50 bits per heavy atom. The molecule has 1 atom stereocenters. The number of cyclic esters (lactones) is 1. The van der Waals surface area contributed by atoms with Gasteiger partial charge < -0.3 is 9.47 Å². The summed E-state index contributed by atoms with van der Waals surface area (Å²) >= 11 is 0. The maximum absolute atomic E-state index is 11.2. The molecular formula is C9H16O3. The molecule has 1 heterocycles. The molecule has 1 aliphatic rings. The van der Waals surface area contributed by atoms with Crippen LogP contribution >= 0.6 is 0 Å². The van der Waals surface area contributed by atoms with Crippen molar-refractivity contribution in [2.24, 2.45) is 5.92 Å². The Morgan fingerprint density at radius 2 is 2.08 bits per heavy atom. The van der Waals surface area contributed by atoms with Crippen molar-refractivity contribution < 1.29 is 14.3 Å². The van der Waals surface area contributed by atoms with Crippen molar-refractivity contribution >= 4 is 5.97 Å². The molecular weight excluding hydrogens is 156 g/mol. The van der Waals surface area contributed by atoms with E-state index in [-0.39, 0.29) is 12.1 Å². The van der Waals surface area contributed by atoms with Crippen LogP contribution in [0, 0.1) is 5.92 Å². The third-order valence-electron chi connectivity index (χ3n) is 1.72. The Kier molecular flexibility index (Phi) is 2.42. The Labute approximate surface area is 73.0 Å². The molecule has 1 rings (SSSR count). The molecule has 0 saturated carbocycles. The first kappa shape index (κ1) is 9.52. The molecule has 0 radical (unpaired) electrons. The lowest BCUT2D eigenvalue weighted by molar-refractivity contribution is -0.161. The lowest BCUT2D eigenvalue weighted by Gasteiger charge is -2.15. The van der Waals surface area contributed by atoms with Gasteiger partial charge in [0.25, 0.3) is 0 Å². The number of hydrogen-bond acceptors (Lipinski definition) is 3. The molecule has 0 bridgehead atoms. The van der Waals surface area contributed by atoms with Gasteiger partial charge in [-0.15, -0.1) is 0 Å². The summed E-state index contributed by atoms with van der Waals surface area (Å²) in [5.41, 5.74) is 0. The van der Waals surface area contributed by atoms with E-state index in [1.807, 2.05) is 0 Å². The number of carbonyl (C=O) groups excluding carboxylic acids is 1. The first-order valence-electron chi connectivity index (χ1n) is 4.31. The molecule has 70 valence electrons. The predicted molar refractivity (Wildman–Crippen MR) is 44.5 cm³/mol. The van der Waals surface area contributed by atoms with Crippen LogP contribution in [0.2, 0.25) is 0 Å². The maximum atomic E-state index is 11.2. The minimum atomic E-state index is -0.726. The molecule has 0 aromatic rings. The molecule has 0 unspecified atom stereocenters. The van der Waals surface area contributed by atoms with Crippen molar-refractivity contribution in [2.45, 2.75) is 46.0 Å². The van der Waals surface area contributed by atoms with Crippen molar-refractivity contribution in [3.63, 3.8) is 0 Å². The summed E-state index contributed by atoms with van der Waals surface area (Å²) in [6, 6.07) is 0. The van der Waals surface area contributed by atoms with Crippen molar-refractivity contribution in [3.8, 4) is 0 Å². The van der Waals surface area contributed by atoms with Gasteiger partial charge in [0.15, 0.2) is 6.10 Å². The van der Waals surface area contributed by atoms with Crippen molar-refractivity contribution in [1.82, 2.24) is 0 Å². The summed E-state index contributed by atoms with van der Waals surface area (Å²) < 4.78 is 10.4. The monoisotopic (exact) mass is 172 g/mol. The van der Waals surface area contributed by atoms with E-state index in [0.717, 1.165) is 6.42 Å². The first-order valence-corrected chi connectivity index (χ1v) is 4.31. The summed E-state index contributed by atoms with van der Waals surface area (Å²) in [5.74, 6) is -0.499. The van der Waals surface area contributed by atoms with Gasteiger partial charge in [0.05, 0.1) is 0 Å². The lowest BCUT2D eigenvalue weighted by Crippen LogP contribution is -2.22. The largest absolute Gasteiger partial charge is 0.432 e.